The van der Waals surface area contributed by atoms with Crippen molar-refractivity contribution in [2.45, 2.75) is 64.0 Å². The van der Waals surface area contributed by atoms with E-state index in [0.717, 1.165) is 25.7 Å². The summed E-state index contributed by atoms with van der Waals surface area (Å²) in [6.07, 6.45) is 3.51. The molecule has 0 aliphatic heterocycles. The second-order valence-electron chi connectivity index (χ2n) is 7.32. The van der Waals surface area contributed by atoms with Crippen LogP contribution in [0.5, 0.6) is 0 Å². The van der Waals surface area contributed by atoms with E-state index in [1.54, 1.807) is 12.1 Å². The van der Waals surface area contributed by atoms with Gasteiger partial charge < -0.3 is 11.1 Å². The molecule has 1 fully saturated rings. The van der Waals surface area contributed by atoms with Crippen molar-refractivity contribution in [3.63, 3.8) is 0 Å². The first-order chi connectivity index (χ1) is 10.7. The third kappa shape index (κ3) is 4.28. The summed E-state index contributed by atoms with van der Waals surface area (Å²) in [4.78, 5) is 23.3. The van der Waals surface area contributed by atoms with Crippen LogP contribution < -0.4 is 11.1 Å². The highest BCUT2D eigenvalue weighted by molar-refractivity contribution is 5.95. The number of nitro benzene ring substituents is 1. The minimum atomic E-state index is -0.420. The fraction of sp³-hybridized carbons (Fsp3) is 0.588. The van der Waals surface area contributed by atoms with Crippen LogP contribution in [0.1, 0.15) is 62.4 Å². The molecule has 0 spiro atoms. The maximum Gasteiger partial charge on any atom is 0.273 e. The highest BCUT2D eigenvalue weighted by Gasteiger charge is 2.27. The van der Waals surface area contributed by atoms with Crippen molar-refractivity contribution in [1.29, 1.82) is 0 Å². The smallest absolute Gasteiger partial charge is 0.273 e. The molecule has 0 bridgehead atoms. The fourth-order valence-corrected chi connectivity index (χ4v) is 2.99. The maximum atomic E-state index is 12.4. The molecule has 1 aromatic rings. The number of carbonyl (C=O) groups is 1. The Bertz CT molecular complexity index is 600. The van der Waals surface area contributed by atoms with Crippen molar-refractivity contribution in [2.75, 3.05) is 0 Å². The quantitative estimate of drug-likeness (QED) is 0.661. The summed E-state index contributed by atoms with van der Waals surface area (Å²) in [6, 6.07) is 5.05. The van der Waals surface area contributed by atoms with E-state index in [-0.39, 0.29) is 29.1 Å². The van der Waals surface area contributed by atoms with Gasteiger partial charge in [-0.05, 0) is 37.2 Å². The van der Waals surface area contributed by atoms with Crippen molar-refractivity contribution in [2.24, 2.45) is 5.73 Å². The number of hydrogen-bond acceptors (Lipinski definition) is 4. The molecular weight excluding hydrogens is 294 g/mol. The summed E-state index contributed by atoms with van der Waals surface area (Å²) in [5.41, 5.74) is 6.47. The Morgan fingerprint density at radius 3 is 2.39 bits per heavy atom. The van der Waals surface area contributed by atoms with Gasteiger partial charge in [-0.1, -0.05) is 26.8 Å². The van der Waals surface area contributed by atoms with Crippen molar-refractivity contribution in [3.8, 4) is 0 Å². The highest BCUT2D eigenvalue weighted by atomic mass is 16.6. The van der Waals surface area contributed by atoms with E-state index in [1.165, 1.54) is 6.07 Å². The third-order valence-electron chi connectivity index (χ3n) is 4.37. The molecule has 0 heterocycles. The van der Waals surface area contributed by atoms with Gasteiger partial charge in [0, 0.05) is 29.3 Å². The first-order valence-corrected chi connectivity index (χ1v) is 8.04. The lowest BCUT2D eigenvalue weighted by molar-refractivity contribution is -0.386. The molecule has 0 radical (unpaired) electrons. The lowest BCUT2D eigenvalue weighted by Gasteiger charge is -2.27. The summed E-state index contributed by atoms with van der Waals surface area (Å²) in [5.74, 6) is -0.256. The van der Waals surface area contributed by atoms with Crippen molar-refractivity contribution in [3.05, 3.63) is 39.4 Å². The van der Waals surface area contributed by atoms with Gasteiger partial charge in [0.25, 0.3) is 11.6 Å². The van der Waals surface area contributed by atoms with Crippen LogP contribution in [0, 0.1) is 10.1 Å². The second kappa shape index (κ2) is 6.66. The Hall–Kier alpha value is -1.95. The van der Waals surface area contributed by atoms with Gasteiger partial charge in [-0.25, -0.2) is 0 Å². The van der Waals surface area contributed by atoms with Crippen LogP contribution >= 0.6 is 0 Å². The normalized spacial score (nSPS) is 21.7. The topological polar surface area (TPSA) is 98.3 Å². The zero-order valence-corrected chi connectivity index (χ0v) is 14.0. The monoisotopic (exact) mass is 319 g/mol. The molecule has 0 saturated heterocycles. The van der Waals surface area contributed by atoms with Gasteiger partial charge in [-0.15, -0.1) is 0 Å². The van der Waals surface area contributed by atoms with Crippen molar-refractivity contribution in [1.82, 2.24) is 5.32 Å². The molecule has 1 aromatic carbocycles. The van der Waals surface area contributed by atoms with Crippen LogP contribution in [0.3, 0.4) is 0 Å². The lowest BCUT2D eigenvalue weighted by atomic mass is 9.85. The molecule has 0 aromatic heterocycles. The SMILES string of the molecule is CC(C)(C)c1ccc(C(=O)NC2CCC(N)CC2)cc1[N+](=O)[O-]. The molecule has 1 amide bonds. The molecule has 1 aliphatic carbocycles. The van der Waals surface area contributed by atoms with Gasteiger partial charge in [0.1, 0.15) is 0 Å². The van der Waals surface area contributed by atoms with Gasteiger partial charge in [0.2, 0.25) is 0 Å². The van der Waals surface area contributed by atoms with Gasteiger partial charge in [0.15, 0.2) is 0 Å². The first kappa shape index (κ1) is 17.4. The number of nitrogens with zero attached hydrogens (tertiary/aromatic N) is 1. The van der Waals surface area contributed by atoms with Crippen LogP contribution in [0.4, 0.5) is 5.69 Å². The average Bonchev–Trinajstić information content (AvgIpc) is 2.48. The number of nitro groups is 1. The molecule has 6 nitrogen and oxygen atoms in total. The molecule has 0 unspecified atom stereocenters. The van der Waals surface area contributed by atoms with E-state index in [2.05, 4.69) is 5.32 Å². The number of nitrogens with two attached hydrogens (primary N) is 1. The molecule has 126 valence electrons. The average molecular weight is 319 g/mol. The van der Waals surface area contributed by atoms with Crippen LogP contribution in [-0.4, -0.2) is 22.9 Å². The predicted molar refractivity (Wildman–Crippen MR) is 89.5 cm³/mol. The molecular formula is C17H25N3O3. The molecule has 3 N–H and O–H groups in total. The van der Waals surface area contributed by atoms with Crippen molar-refractivity contribution < 1.29 is 9.72 Å². The Labute approximate surface area is 136 Å². The summed E-state index contributed by atoms with van der Waals surface area (Å²) in [6.45, 7) is 5.75. The number of carbonyl (C=O) groups excluding carboxylic acids is 1. The van der Waals surface area contributed by atoms with E-state index in [0.29, 0.717) is 11.1 Å². The summed E-state index contributed by atoms with van der Waals surface area (Å²) >= 11 is 0. The third-order valence-corrected chi connectivity index (χ3v) is 4.37. The predicted octanol–water partition coefficient (Wildman–Crippen LogP) is 2.89. The summed E-state index contributed by atoms with van der Waals surface area (Å²) in [5, 5.41) is 14.3. The summed E-state index contributed by atoms with van der Waals surface area (Å²) in [7, 11) is 0. The zero-order valence-electron chi connectivity index (χ0n) is 14.0. The highest BCUT2D eigenvalue weighted by Crippen LogP contribution is 2.32. The summed E-state index contributed by atoms with van der Waals surface area (Å²) < 4.78 is 0. The van der Waals surface area contributed by atoms with Crippen molar-refractivity contribution >= 4 is 11.6 Å². The van der Waals surface area contributed by atoms with Crippen LogP contribution in [0.2, 0.25) is 0 Å². The standard InChI is InChI=1S/C17H25N3O3/c1-17(2,3)14-9-4-11(10-15(14)20(22)23)16(21)19-13-7-5-12(18)6-8-13/h4,9-10,12-13H,5-8,18H2,1-3H3,(H,19,21). The molecule has 1 saturated carbocycles. The largest absolute Gasteiger partial charge is 0.349 e. The Morgan fingerprint density at radius 1 is 1.26 bits per heavy atom. The first-order valence-electron chi connectivity index (χ1n) is 8.04. The Kier molecular flexibility index (Phi) is 5.04. The van der Waals surface area contributed by atoms with Gasteiger partial charge >= 0.3 is 0 Å². The molecule has 23 heavy (non-hydrogen) atoms. The van der Waals surface area contributed by atoms with E-state index in [9.17, 15) is 14.9 Å². The van der Waals surface area contributed by atoms with Gasteiger partial charge in [-0.2, -0.15) is 0 Å². The second-order valence-corrected chi connectivity index (χ2v) is 7.32. The van der Waals surface area contributed by atoms with Crippen LogP contribution in [0.25, 0.3) is 0 Å². The lowest BCUT2D eigenvalue weighted by Crippen LogP contribution is -2.40. The number of hydrogen-bond donors (Lipinski definition) is 2. The number of benzene rings is 1. The fourth-order valence-electron chi connectivity index (χ4n) is 2.99. The Balaban J connectivity index is 2.18. The van der Waals surface area contributed by atoms with E-state index >= 15 is 0 Å². The number of rotatable bonds is 3. The molecule has 1 aliphatic rings. The van der Waals surface area contributed by atoms with Gasteiger partial charge in [0.05, 0.1) is 4.92 Å². The minimum absolute atomic E-state index is 0.00387. The van der Waals surface area contributed by atoms with E-state index in [1.807, 2.05) is 20.8 Å². The molecule has 0 atom stereocenters. The van der Waals surface area contributed by atoms with Crippen LogP contribution in [-0.2, 0) is 5.41 Å². The van der Waals surface area contributed by atoms with E-state index < -0.39 is 4.92 Å². The zero-order chi connectivity index (χ0) is 17.2. The maximum absolute atomic E-state index is 12.4. The minimum Gasteiger partial charge on any atom is -0.349 e. The van der Waals surface area contributed by atoms with Gasteiger partial charge in [-0.3, -0.25) is 14.9 Å². The van der Waals surface area contributed by atoms with E-state index in [4.69, 9.17) is 5.73 Å². The molecule has 6 heteroatoms. The number of amides is 1. The van der Waals surface area contributed by atoms with Crippen LogP contribution in [0.15, 0.2) is 18.2 Å². The Morgan fingerprint density at radius 2 is 1.87 bits per heavy atom. The number of nitrogens with one attached hydrogen (secondary N) is 1. The molecule has 2 rings (SSSR count).